The molecule has 9 nitrogen and oxygen atoms in total. The molecule has 1 aliphatic carbocycles. The van der Waals surface area contributed by atoms with Gasteiger partial charge in [0, 0.05) is 51.2 Å². The van der Waals surface area contributed by atoms with E-state index in [0.29, 0.717) is 55.3 Å². The Morgan fingerprint density at radius 2 is 1.73 bits per heavy atom. The van der Waals surface area contributed by atoms with E-state index in [9.17, 15) is 9.59 Å². The van der Waals surface area contributed by atoms with Gasteiger partial charge in [0.05, 0.1) is 17.5 Å². The average molecular weight is 405 g/mol. The fourth-order valence-electron chi connectivity index (χ4n) is 4.31. The van der Waals surface area contributed by atoms with Crippen LogP contribution in [-0.4, -0.2) is 67.3 Å². The maximum absolute atomic E-state index is 13.2. The molecule has 2 aliphatic rings. The lowest BCUT2D eigenvalue weighted by Gasteiger charge is -2.34. The summed E-state index contributed by atoms with van der Waals surface area (Å²) in [6.07, 6.45) is 7.83. The van der Waals surface area contributed by atoms with Crippen LogP contribution in [0.1, 0.15) is 46.7 Å². The molecule has 0 bridgehead atoms. The zero-order chi connectivity index (χ0) is 20.9. The molecular weight excluding hydrogens is 382 g/mol. The molecule has 5 rings (SSSR count). The van der Waals surface area contributed by atoms with Crippen LogP contribution < -0.4 is 4.90 Å². The van der Waals surface area contributed by atoms with Crippen LogP contribution in [0, 0.1) is 5.41 Å². The van der Waals surface area contributed by atoms with E-state index in [2.05, 4.69) is 38.8 Å². The van der Waals surface area contributed by atoms with Crippen LogP contribution in [0.15, 0.2) is 30.9 Å². The molecule has 30 heavy (non-hydrogen) atoms. The zero-order valence-electron chi connectivity index (χ0n) is 17.1. The second-order valence-electron chi connectivity index (χ2n) is 8.68. The highest BCUT2D eigenvalue weighted by molar-refractivity contribution is 6.01. The molecule has 0 unspecified atom stereocenters. The molecule has 1 aliphatic heterocycles. The van der Waals surface area contributed by atoms with E-state index in [4.69, 9.17) is 0 Å². The second-order valence-corrected chi connectivity index (χ2v) is 8.68. The number of piperazine rings is 1. The summed E-state index contributed by atoms with van der Waals surface area (Å²) in [5, 5.41) is 4.43. The van der Waals surface area contributed by atoms with Crippen LogP contribution in [-0.2, 0) is 6.42 Å². The van der Waals surface area contributed by atoms with E-state index in [1.165, 1.54) is 0 Å². The molecule has 0 saturated carbocycles. The van der Waals surface area contributed by atoms with Crippen molar-refractivity contribution >= 4 is 23.3 Å². The number of hydrogen-bond acceptors (Lipinski definition) is 7. The number of carbonyl (C=O) groups is 2. The minimum absolute atomic E-state index is 0.0817. The van der Waals surface area contributed by atoms with Gasteiger partial charge in [-0.1, -0.05) is 13.8 Å². The third-order valence-electron chi connectivity index (χ3n) is 5.84. The second kappa shape index (κ2) is 6.86. The first-order valence-electron chi connectivity index (χ1n) is 10.1. The molecule has 3 aromatic heterocycles. The van der Waals surface area contributed by atoms with Crippen molar-refractivity contribution in [2.24, 2.45) is 5.41 Å². The Labute approximate surface area is 173 Å². The lowest BCUT2D eigenvalue weighted by atomic mass is 9.76. The Kier molecular flexibility index (Phi) is 4.27. The highest BCUT2D eigenvalue weighted by Crippen LogP contribution is 2.34. The SMILES string of the molecule is CC1(C)CC(=O)c2cnc3c(C(=O)N4CCN(c5ncccn5)CC4)cnn3c2C1. The van der Waals surface area contributed by atoms with E-state index in [1.807, 2.05) is 4.90 Å². The summed E-state index contributed by atoms with van der Waals surface area (Å²) in [6, 6.07) is 1.79. The summed E-state index contributed by atoms with van der Waals surface area (Å²) in [5.41, 5.74) is 2.30. The van der Waals surface area contributed by atoms with Crippen molar-refractivity contribution in [3.05, 3.63) is 47.7 Å². The van der Waals surface area contributed by atoms with Gasteiger partial charge in [0.2, 0.25) is 5.95 Å². The summed E-state index contributed by atoms with van der Waals surface area (Å²) in [7, 11) is 0. The highest BCUT2D eigenvalue weighted by atomic mass is 16.2. The quantitative estimate of drug-likeness (QED) is 0.639. The molecule has 4 heterocycles. The first kappa shape index (κ1) is 18.7. The number of anilines is 1. The van der Waals surface area contributed by atoms with E-state index in [0.717, 1.165) is 12.1 Å². The summed E-state index contributed by atoms with van der Waals surface area (Å²) >= 11 is 0. The Morgan fingerprint density at radius 1 is 1.00 bits per heavy atom. The van der Waals surface area contributed by atoms with Crippen LogP contribution in [0.2, 0.25) is 0 Å². The standard InChI is InChI=1S/C21H23N7O2/c1-21(2)10-16-14(17(29)11-21)12-24-18-15(13-25-28(16)18)19(30)26-6-8-27(9-7-26)20-22-4-3-5-23-20/h3-5,12-13H,6-11H2,1-2H3. The maximum atomic E-state index is 13.2. The molecule has 0 spiro atoms. The number of rotatable bonds is 2. The molecule has 0 atom stereocenters. The third kappa shape index (κ3) is 3.10. The number of amides is 1. The van der Waals surface area contributed by atoms with Gasteiger partial charge in [-0.3, -0.25) is 9.59 Å². The monoisotopic (exact) mass is 405 g/mol. The van der Waals surface area contributed by atoms with Crippen molar-refractivity contribution < 1.29 is 9.59 Å². The molecule has 0 N–H and O–H groups in total. The number of aromatic nitrogens is 5. The van der Waals surface area contributed by atoms with Crippen molar-refractivity contribution in [2.45, 2.75) is 26.7 Å². The Hall–Kier alpha value is -3.36. The fraction of sp³-hybridized carbons (Fsp3) is 0.429. The molecule has 154 valence electrons. The van der Waals surface area contributed by atoms with E-state index >= 15 is 0 Å². The summed E-state index contributed by atoms with van der Waals surface area (Å²) < 4.78 is 1.68. The first-order valence-corrected chi connectivity index (χ1v) is 10.1. The topological polar surface area (TPSA) is 96.6 Å². The van der Waals surface area contributed by atoms with Gasteiger partial charge in [0.15, 0.2) is 11.4 Å². The minimum atomic E-state index is -0.135. The van der Waals surface area contributed by atoms with Gasteiger partial charge < -0.3 is 9.80 Å². The van der Waals surface area contributed by atoms with Gasteiger partial charge in [-0.15, -0.1) is 0 Å². The van der Waals surface area contributed by atoms with Crippen LogP contribution >= 0.6 is 0 Å². The lowest BCUT2D eigenvalue weighted by Crippen LogP contribution is -2.49. The van der Waals surface area contributed by atoms with Crippen LogP contribution in [0.5, 0.6) is 0 Å². The van der Waals surface area contributed by atoms with Crippen molar-refractivity contribution in [2.75, 3.05) is 31.1 Å². The van der Waals surface area contributed by atoms with Gasteiger partial charge in [-0.2, -0.15) is 5.10 Å². The molecule has 9 heteroatoms. The molecule has 0 aromatic carbocycles. The van der Waals surface area contributed by atoms with Gasteiger partial charge in [0.1, 0.15) is 5.56 Å². The lowest BCUT2D eigenvalue weighted by molar-refractivity contribution is 0.0747. The zero-order valence-corrected chi connectivity index (χ0v) is 17.1. The van der Waals surface area contributed by atoms with Crippen molar-refractivity contribution in [1.82, 2.24) is 29.5 Å². The van der Waals surface area contributed by atoms with E-state index < -0.39 is 0 Å². The molecule has 1 saturated heterocycles. The smallest absolute Gasteiger partial charge is 0.259 e. The molecular formula is C21H23N7O2. The highest BCUT2D eigenvalue weighted by Gasteiger charge is 2.34. The number of ketones is 1. The largest absolute Gasteiger partial charge is 0.337 e. The predicted octanol–water partition coefficient (Wildman–Crippen LogP) is 1.64. The van der Waals surface area contributed by atoms with Crippen LogP contribution in [0.25, 0.3) is 5.65 Å². The molecule has 1 amide bonds. The van der Waals surface area contributed by atoms with Crippen molar-refractivity contribution in [3.63, 3.8) is 0 Å². The van der Waals surface area contributed by atoms with Gasteiger partial charge in [-0.25, -0.2) is 19.5 Å². The van der Waals surface area contributed by atoms with Gasteiger partial charge in [-0.05, 0) is 17.9 Å². The molecule has 3 aromatic rings. The van der Waals surface area contributed by atoms with Crippen LogP contribution in [0.4, 0.5) is 5.95 Å². The summed E-state index contributed by atoms with van der Waals surface area (Å²) in [4.78, 5) is 42.6. The maximum Gasteiger partial charge on any atom is 0.259 e. The number of fused-ring (bicyclic) bond motifs is 3. The number of nitrogens with zero attached hydrogens (tertiary/aromatic N) is 7. The van der Waals surface area contributed by atoms with E-state index in [1.54, 1.807) is 35.4 Å². The summed E-state index contributed by atoms with van der Waals surface area (Å²) in [5.74, 6) is 0.673. The van der Waals surface area contributed by atoms with Gasteiger partial charge >= 0.3 is 0 Å². The Balaban J connectivity index is 1.40. The fourth-order valence-corrected chi connectivity index (χ4v) is 4.31. The van der Waals surface area contributed by atoms with E-state index in [-0.39, 0.29) is 17.1 Å². The number of carbonyl (C=O) groups excluding carboxylic acids is 2. The molecule has 1 fully saturated rings. The van der Waals surface area contributed by atoms with Crippen LogP contribution in [0.3, 0.4) is 0 Å². The molecule has 0 radical (unpaired) electrons. The predicted molar refractivity (Wildman–Crippen MR) is 110 cm³/mol. The van der Waals surface area contributed by atoms with Crippen molar-refractivity contribution in [1.29, 1.82) is 0 Å². The Bertz CT molecular complexity index is 1130. The van der Waals surface area contributed by atoms with Gasteiger partial charge in [0.25, 0.3) is 5.91 Å². The normalized spacial score (nSPS) is 18.5. The number of Topliss-reactive ketones (excluding diaryl/α,β-unsaturated/α-hetero) is 1. The van der Waals surface area contributed by atoms with Crippen molar-refractivity contribution in [3.8, 4) is 0 Å². The Morgan fingerprint density at radius 3 is 2.47 bits per heavy atom. The average Bonchev–Trinajstić information content (AvgIpc) is 3.18. The third-order valence-corrected chi connectivity index (χ3v) is 5.84. The summed E-state index contributed by atoms with van der Waals surface area (Å²) in [6.45, 7) is 6.63. The minimum Gasteiger partial charge on any atom is -0.337 e. The number of hydrogen-bond donors (Lipinski definition) is 0. The first-order chi connectivity index (χ1) is 14.4.